The summed E-state index contributed by atoms with van der Waals surface area (Å²) in [6.07, 6.45) is 1.91. The number of methoxy groups -OCH3 is 1. The Balaban J connectivity index is 1.67. The van der Waals surface area contributed by atoms with Crippen molar-refractivity contribution in [1.29, 1.82) is 0 Å². The van der Waals surface area contributed by atoms with Crippen molar-refractivity contribution in [1.82, 2.24) is 4.90 Å². The van der Waals surface area contributed by atoms with Gasteiger partial charge in [0.05, 0.1) is 13.7 Å². The number of carbonyl (C=O) groups is 1. The quantitative estimate of drug-likeness (QED) is 0.896. The molecule has 3 rings (SSSR count). The highest BCUT2D eigenvalue weighted by atomic mass is 19.1. The van der Waals surface area contributed by atoms with E-state index in [4.69, 9.17) is 4.74 Å². The van der Waals surface area contributed by atoms with E-state index in [0.29, 0.717) is 0 Å². The molecular weight excluding hydrogens is 326 g/mol. The molecule has 132 valence electrons. The smallest absolute Gasteiger partial charge is 0.238 e. The maximum atomic E-state index is 13.7. The lowest BCUT2D eigenvalue weighted by molar-refractivity contribution is -0.117. The number of halogens is 2. The lowest BCUT2D eigenvalue weighted by Crippen LogP contribution is -2.33. The van der Waals surface area contributed by atoms with Gasteiger partial charge in [0, 0.05) is 6.04 Å². The maximum Gasteiger partial charge on any atom is 0.238 e. The minimum Gasteiger partial charge on any atom is -0.497 e. The number of amides is 1. The van der Waals surface area contributed by atoms with Gasteiger partial charge in [-0.15, -0.1) is 0 Å². The normalized spacial score (nSPS) is 17.5. The Hall–Kier alpha value is -2.47. The van der Waals surface area contributed by atoms with Crippen molar-refractivity contribution >= 4 is 11.6 Å². The average molecular weight is 346 g/mol. The number of benzene rings is 2. The van der Waals surface area contributed by atoms with E-state index in [2.05, 4.69) is 5.32 Å². The summed E-state index contributed by atoms with van der Waals surface area (Å²) >= 11 is 0. The fourth-order valence-electron chi connectivity index (χ4n) is 3.20. The van der Waals surface area contributed by atoms with Crippen LogP contribution in [0, 0.1) is 11.6 Å². The molecule has 0 unspecified atom stereocenters. The average Bonchev–Trinajstić information content (AvgIpc) is 3.06. The third-order valence-electron chi connectivity index (χ3n) is 4.44. The van der Waals surface area contributed by atoms with Crippen LogP contribution in [0.5, 0.6) is 5.75 Å². The minimum atomic E-state index is -0.776. The van der Waals surface area contributed by atoms with Crippen LogP contribution in [0.3, 0.4) is 0 Å². The van der Waals surface area contributed by atoms with Crippen LogP contribution in [0.1, 0.15) is 24.4 Å². The van der Waals surface area contributed by atoms with E-state index in [1.165, 1.54) is 6.07 Å². The van der Waals surface area contributed by atoms with Crippen molar-refractivity contribution in [3.05, 3.63) is 59.7 Å². The summed E-state index contributed by atoms with van der Waals surface area (Å²) < 4.78 is 32.5. The number of likely N-dealkylation sites (tertiary alicyclic amines) is 1. The molecule has 25 heavy (non-hydrogen) atoms. The van der Waals surface area contributed by atoms with Crippen LogP contribution in [0.2, 0.25) is 0 Å². The van der Waals surface area contributed by atoms with Crippen molar-refractivity contribution in [2.24, 2.45) is 0 Å². The Bertz CT molecular complexity index is 729. The summed E-state index contributed by atoms with van der Waals surface area (Å²) in [6, 6.07) is 11.4. The summed E-state index contributed by atoms with van der Waals surface area (Å²) in [5.74, 6) is -1.20. The number of para-hydroxylation sites is 1. The maximum absolute atomic E-state index is 13.7. The molecule has 6 heteroatoms. The first-order valence-corrected chi connectivity index (χ1v) is 8.20. The van der Waals surface area contributed by atoms with Gasteiger partial charge in [0.25, 0.3) is 0 Å². The van der Waals surface area contributed by atoms with Crippen molar-refractivity contribution in [3.63, 3.8) is 0 Å². The predicted molar refractivity (Wildman–Crippen MR) is 91.5 cm³/mol. The van der Waals surface area contributed by atoms with E-state index in [1.807, 2.05) is 29.2 Å². The van der Waals surface area contributed by atoms with Crippen molar-refractivity contribution in [3.8, 4) is 5.75 Å². The van der Waals surface area contributed by atoms with Gasteiger partial charge in [-0.1, -0.05) is 18.2 Å². The molecule has 2 aromatic rings. The summed E-state index contributed by atoms with van der Waals surface area (Å²) in [7, 11) is 1.61. The van der Waals surface area contributed by atoms with Gasteiger partial charge in [-0.25, -0.2) is 8.78 Å². The fourth-order valence-corrected chi connectivity index (χ4v) is 3.20. The van der Waals surface area contributed by atoms with Gasteiger partial charge in [-0.2, -0.15) is 0 Å². The molecule has 1 saturated heterocycles. The van der Waals surface area contributed by atoms with Crippen LogP contribution in [-0.4, -0.2) is 31.0 Å². The lowest BCUT2D eigenvalue weighted by Gasteiger charge is -2.24. The molecule has 1 aliphatic heterocycles. The summed E-state index contributed by atoms with van der Waals surface area (Å²) in [4.78, 5) is 14.3. The van der Waals surface area contributed by atoms with Crippen molar-refractivity contribution in [2.45, 2.75) is 18.9 Å². The number of ether oxygens (including phenoxy) is 1. The first-order valence-electron chi connectivity index (χ1n) is 8.20. The van der Waals surface area contributed by atoms with E-state index < -0.39 is 23.2 Å². The Morgan fingerprint density at radius 2 is 1.88 bits per heavy atom. The molecule has 1 amide bonds. The minimum absolute atomic E-state index is 0.0878. The molecule has 1 N–H and O–H groups in total. The Labute approximate surface area is 145 Å². The molecule has 1 aliphatic rings. The molecule has 0 spiro atoms. The van der Waals surface area contributed by atoms with Crippen LogP contribution in [0.15, 0.2) is 42.5 Å². The summed E-state index contributed by atoms with van der Waals surface area (Å²) in [6.45, 7) is 0.855. The molecule has 0 radical (unpaired) electrons. The molecule has 1 fully saturated rings. The SMILES string of the molecule is COc1ccc([C@H]2CCCN2CC(=O)Nc2c(F)cccc2F)cc1. The number of nitrogens with one attached hydrogen (secondary N) is 1. The second-order valence-electron chi connectivity index (χ2n) is 6.05. The number of hydrogen-bond donors (Lipinski definition) is 1. The van der Waals surface area contributed by atoms with Gasteiger partial charge < -0.3 is 10.1 Å². The van der Waals surface area contributed by atoms with Gasteiger partial charge in [0.15, 0.2) is 0 Å². The van der Waals surface area contributed by atoms with Gasteiger partial charge in [0.2, 0.25) is 5.91 Å². The van der Waals surface area contributed by atoms with Gasteiger partial charge in [0.1, 0.15) is 23.1 Å². The van der Waals surface area contributed by atoms with E-state index in [1.54, 1.807) is 7.11 Å². The molecule has 1 atom stereocenters. The molecular formula is C19H20F2N2O2. The molecule has 0 saturated carbocycles. The standard InChI is InChI=1S/C19H20F2N2O2/c1-25-14-9-7-13(8-10-14)17-6-3-11-23(17)12-18(24)22-19-15(20)4-2-5-16(19)21/h2,4-5,7-10,17H,3,6,11-12H2,1H3,(H,22,24)/t17-/m1/s1. The second-order valence-corrected chi connectivity index (χ2v) is 6.05. The summed E-state index contributed by atoms with van der Waals surface area (Å²) in [5.41, 5.74) is 0.705. The van der Waals surface area contributed by atoms with E-state index in [9.17, 15) is 13.6 Å². The van der Waals surface area contributed by atoms with Crippen molar-refractivity contribution in [2.75, 3.05) is 25.5 Å². The molecule has 4 nitrogen and oxygen atoms in total. The highest BCUT2D eigenvalue weighted by molar-refractivity contribution is 5.92. The Morgan fingerprint density at radius 1 is 1.20 bits per heavy atom. The summed E-state index contributed by atoms with van der Waals surface area (Å²) in [5, 5.41) is 2.35. The number of anilines is 1. The topological polar surface area (TPSA) is 41.6 Å². The predicted octanol–water partition coefficient (Wildman–Crippen LogP) is 3.75. The van der Waals surface area contributed by atoms with Gasteiger partial charge in [-0.3, -0.25) is 9.69 Å². The van der Waals surface area contributed by atoms with Crippen LogP contribution in [0.25, 0.3) is 0 Å². The third kappa shape index (κ3) is 3.96. The molecule has 0 bridgehead atoms. The van der Waals surface area contributed by atoms with E-state index in [-0.39, 0.29) is 12.6 Å². The number of hydrogen-bond acceptors (Lipinski definition) is 3. The lowest BCUT2D eigenvalue weighted by atomic mass is 10.0. The van der Waals surface area contributed by atoms with Crippen molar-refractivity contribution < 1.29 is 18.3 Å². The molecule has 0 aromatic heterocycles. The highest BCUT2D eigenvalue weighted by Gasteiger charge is 2.28. The monoisotopic (exact) mass is 346 g/mol. The fraction of sp³-hybridized carbons (Fsp3) is 0.316. The second kappa shape index (κ2) is 7.61. The number of rotatable bonds is 5. The van der Waals surface area contributed by atoms with Gasteiger partial charge in [-0.05, 0) is 49.2 Å². The zero-order valence-corrected chi connectivity index (χ0v) is 14.0. The zero-order valence-electron chi connectivity index (χ0n) is 14.0. The van der Waals surface area contributed by atoms with Crippen LogP contribution < -0.4 is 10.1 Å². The van der Waals surface area contributed by atoms with E-state index >= 15 is 0 Å². The van der Waals surface area contributed by atoms with Crippen LogP contribution in [-0.2, 0) is 4.79 Å². The Kier molecular flexibility index (Phi) is 5.28. The Morgan fingerprint density at radius 3 is 2.52 bits per heavy atom. The molecule has 0 aliphatic carbocycles. The van der Waals surface area contributed by atoms with E-state index in [0.717, 1.165) is 42.8 Å². The number of nitrogens with zero attached hydrogens (tertiary/aromatic N) is 1. The first kappa shape index (κ1) is 17.4. The van der Waals surface area contributed by atoms with Crippen LogP contribution in [0.4, 0.5) is 14.5 Å². The highest BCUT2D eigenvalue weighted by Crippen LogP contribution is 2.32. The largest absolute Gasteiger partial charge is 0.497 e. The molecule has 2 aromatic carbocycles. The third-order valence-corrected chi connectivity index (χ3v) is 4.44. The number of carbonyl (C=O) groups excluding carboxylic acids is 1. The zero-order chi connectivity index (χ0) is 17.8. The van der Waals surface area contributed by atoms with Gasteiger partial charge >= 0.3 is 0 Å². The van der Waals surface area contributed by atoms with Crippen LogP contribution >= 0.6 is 0 Å². The first-order chi connectivity index (χ1) is 12.1. The molecule has 1 heterocycles.